The molecule has 0 radical (unpaired) electrons. The Kier molecular flexibility index (Phi) is 5.92. The maximum Gasteiger partial charge on any atom is 0.311 e. The van der Waals surface area contributed by atoms with E-state index >= 15 is 0 Å². The van der Waals surface area contributed by atoms with Crippen LogP contribution in [0, 0.1) is 22.9 Å². The van der Waals surface area contributed by atoms with E-state index in [1.807, 2.05) is 0 Å². The number of carbonyl (C=O) groups is 2. The zero-order chi connectivity index (χ0) is 24.7. The van der Waals surface area contributed by atoms with Crippen molar-refractivity contribution >= 4 is 44.8 Å². The van der Waals surface area contributed by atoms with E-state index in [-0.39, 0.29) is 22.4 Å². The molecule has 0 aliphatic carbocycles. The first-order valence-electron chi connectivity index (χ1n) is 9.90. The van der Waals surface area contributed by atoms with Gasteiger partial charge in [0, 0.05) is 21.8 Å². The van der Waals surface area contributed by atoms with Crippen LogP contribution in [0.5, 0.6) is 5.75 Å². The second-order valence-electron chi connectivity index (χ2n) is 7.61. The van der Waals surface area contributed by atoms with Crippen LogP contribution >= 0.6 is 15.9 Å². The Balaban J connectivity index is 1.99. The van der Waals surface area contributed by atoms with Gasteiger partial charge >= 0.3 is 5.69 Å². The van der Waals surface area contributed by atoms with Crippen molar-refractivity contribution in [3.8, 4) is 5.75 Å². The van der Waals surface area contributed by atoms with E-state index in [9.17, 15) is 34.3 Å². The Hall–Kier alpha value is -4.05. The molecule has 1 saturated heterocycles. The summed E-state index contributed by atoms with van der Waals surface area (Å²) in [6, 6.07) is 11.7. The molecule has 3 aromatic rings. The van der Waals surface area contributed by atoms with Gasteiger partial charge in [-0.1, -0.05) is 28.1 Å². The van der Waals surface area contributed by atoms with Crippen LogP contribution in [0.2, 0.25) is 0 Å². The van der Waals surface area contributed by atoms with Gasteiger partial charge in [0.05, 0.1) is 16.5 Å². The van der Waals surface area contributed by atoms with Gasteiger partial charge in [-0.25, -0.2) is 4.39 Å². The Labute approximate surface area is 200 Å². The number of aliphatic hydroxyl groups excluding tert-OH is 1. The fourth-order valence-electron chi connectivity index (χ4n) is 3.82. The lowest BCUT2D eigenvalue weighted by Gasteiger charge is -2.25. The molecule has 0 spiro atoms. The molecule has 2 N–H and O–H groups in total. The summed E-state index contributed by atoms with van der Waals surface area (Å²) in [5.41, 5.74) is 0.334. The number of nitrogens with zero attached hydrogens (tertiary/aromatic N) is 2. The minimum Gasteiger partial charge on any atom is -0.507 e. The second kappa shape index (κ2) is 8.71. The number of phenols is 1. The van der Waals surface area contributed by atoms with E-state index in [0.717, 1.165) is 39.2 Å². The van der Waals surface area contributed by atoms with Crippen LogP contribution in [-0.2, 0) is 9.59 Å². The summed E-state index contributed by atoms with van der Waals surface area (Å²) < 4.78 is 14.3. The number of aromatic hydroxyl groups is 1. The van der Waals surface area contributed by atoms with E-state index in [4.69, 9.17) is 0 Å². The summed E-state index contributed by atoms with van der Waals surface area (Å²) in [5.74, 6) is -3.65. The van der Waals surface area contributed by atoms with E-state index in [1.165, 1.54) is 18.2 Å². The number of aliphatic hydroxyl groups is 1. The summed E-state index contributed by atoms with van der Waals surface area (Å²) in [6.07, 6.45) is 0. The average molecular weight is 527 g/mol. The zero-order valence-electron chi connectivity index (χ0n) is 17.5. The molecule has 172 valence electrons. The molecule has 34 heavy (non-hydrogen) atoms. The maximum absolute atomic E-state index is 13.5. The van der Waals surface area contributed by atoms with Gasteiger partial charge in [-0.2, -0.15) is 0 Å². The number of nitro benzene ring substituents is 1. The van der Waals surface area contributed by atoms with E-state index < -0.39 is 45.7 Å². The fraction of sp³-hybridized carbons (Fsp3) is 0.0833. The number of Topliss-reactive ketones (excluding diaryl/α,β-unsaturated/α-hetero) is 1. The van der Waals surface area contributed by atoms with Crippen molar-refractivity contribution in [2.24, 2.45) is 0 Å². The predicted octanol–water partition coefficient (Wildman–Crippen LogP) is 5.14. The number of phenolic OH excluding ortho intramolecular Hbond substituents is 1. The van der Waals surface area contributed by atoms with E-state index in [0.29, 0.717) is 0 Å². The van der Waals surface area contributed by atoms with E-state index in [1.54, 1.807) is 25.1 Å². The van der Waals surface area contributed by atoms with Crippen LogP contribution in [-0.4, -0.2) is 26.8 Å². The summed E-state index contributed by atoms with van der Waals surface area (Å²) in [6.45, 7) is 1.78. The van der Waals surface area contributed by atoms with Gasteiger partial charge in [-0.15, -0.1) is 0 Å². The van der Waals surface area contributed by atoms with Crippen molar-refractivity contribution < 1.29 is 29.1 Å². The van der Waals surface area contributed by atoms with Crippen molar-refractivity contribution in [2.75, 3.05) is 4.90 Å². The maximum atomic E-state index is 13.5. The Morgan fingerprint density at radius 3 is 2.38 bits per heavy atom. The smallest absolute Gasteiger partial charge is 0.311 e. The van der Waals surface area contributed by atoms with Gasteiger partial charge in [0.25, 0.3) is 11.7 Å². The number of anilines is 1. The number of benzene rings is 3. The predicted molar refractivity (Wildman–Crippen MR) is 125 cm³/mol. The van der Waals surface area contributed by atoms with Gasteiger partial charge in [0.15, 0.2) is 5.75 Å². The minimum atomic E-state index is -1.27. The highest BCUT2D eigenvalue weighted by atomic mass is 79.9. The fourth-order valence-corrected chi connectivity index (χ4v) is 4.07. The summed E-state index contributed by atoms with van der Waals surface area (Å²) in [5, 5.41) is 32.4. The van der Waals surface area contributed by atoms with Crippen molar-refractivity contribution in [2.45, 2.75) is 13.0 Å². The highest BCUT2D eigenvalue weighted by Gasteiger charge is 2.47. The molecule has 1 heterocycles. The number of nitro groups is 1. The summed E-state index contributed by atoms with van der Waals surface area (Å²) >= 11 is 3.36. The minimum absolute atomic E-state index is 0.100. The number of aryl methyl sites for hydroxylation is 1. The van der Waals surface area contributed by atoms with Crippen molar-refractivity contribution in [1.82, 2.24) is 0 Å². The van der Waals surface area contributed by atoms with Gasteiger partial charge in [0.2, 0.25) is 0 Å². The first kappa shape index (κ1) is 23.1. The van der Waals surface area contributed by atoms with Crippen molar-refractivity contribution in [1.29, 1.82) is 0 Å². The zero-order valence-corrected chi connectivity index (χ0v) is 19.1. The third-order valence-electron chi connectivity index (χ3n) is 5.49. The van der Waals surface area contributed by atoms with Gasteiger partial charge in [-0.05, 0) is 60.5 Å². The van der Waals surface area contributed by atoms with Crippen LogP contribution in [0.3, 0.4) is 0 Å². The topological polar surface area (TPSA) is 121 Å². The van der Waals surface area contributed by atoms with Crippen molar-refractivity contribution in [3.05, 3.63) is 103 Å². The molecule has 0 bridgehead atoms. The number of ketones is 1. The molecule has 1 atom stereocenters. The average Bonchev–Trinajstić information content (AvgIpc) is 3.06. The molecule has 1 fully saturated rings. The number of hydrogen-bond donors (Lipinski definition) is 2. The van der Waals surface area contributed by atoms with E-state index in [2.05, 4.69) is 15.9 Å². The molecule has 3 aromatic carbocycles. The lowest BCUT2D eigenvalue weighted by Crippen LogP contribution is -2.29. The normalized spacial score (nSPS) is 17.3. The lowest BCUT2D eigenvalue weighted by molar-refractivity contribution is -0.385. The number of halogens is 2. The Morgan fingerprint density at radius 1 is 1.09 bits per heavy atom. The SMILES string of the molecule is Cc1cc(/C(O)=C2/C(=O)C(=O)N(c3ccc(F)cc3)C2c2ccc(O)c([N+](=O)[O-])c2)ccc1Br. The molecule has 0 saturated carbocycles. The molecular weight excluding hydrogens is 511 g/mol. The van der Waals surface area contributed by atoms with Crippen LogP contribution in [0.25, 0.3) is 5.76 Å². The molecule has 4 rings (SSSR count). The largest absolute Gasteiger partial charge is 0.507 e. The molecule has 1 aliphatic heterocycles. The third-order valence-corrected chi connectivity index (χ3v) is 6.38. The number of hydrogen-bond acceptors (Lipinski definition) is 6. The molecule has 1 amide bonds. The Bertz CT molecular complexity index is 1390. The van der Waals surface area contributed by atoms with Gasteiger partial charge in [-0.3, -0.25) is 24.6 Å². The monoisotopic (exact) mass is 526 g/mol. The standard InChI is InChI=1S/C24H16BrFN2O6/c1-12-10-14(2-8-17(12)25)22(30)20-21(13-3-9-19(29)18(11-13)28(33)34)27(24(32)23(20)31)16-6-4-15(26)5-7-16/h2-11,21,29-30H,1H3/b22-20-. The highest BCUT2D eigenvalue weighted by Crippen LogP contribution is 2.44. The van der Waals surface area contributed by atoms with Gasteiger partial charge in [0.1, 0.15) is 11.6 Å². The molecule has 10 heteroatoms. The van der Waals surface area contributed by atoms with Crippen LogP contribution in [0.15, 0.2) is 70.7 Å². The quantitative estimate of drug-likeness (QED) is 0.160. The summed E-state index contributed by atoms with van der Waals surface area (Å²) in [7, 11) is 0. The summed E-state index contributed by atoms with van der Waals surface area (Å²) in [4.78, 5) is 37.8. The number of carbonyl (C=O) groups excluding carboxylic acids is 2. The molecule has 1 unspecified atom stereocenters. The van der Waals surface area contributed by atoms with Crippen LogP contribution in [0.1, 0.15) is 22.7 Å². The third kappa shape index (κ3) is 3.92. The first-order valence-corrected chi connectivity index (χ1v) is 10.7. The second-order valence-corrected chi connectivity index (χ2v) is 8.47. The lowest BCUT2D eigenvalue weighted by atomic mass is 9.94. The number of amides is 1. The number of rotatable bonds is 4. The Morgan fingerprint density at radius 2 is 1.76 bits per heavy atom. The highest BCUT2D eigenvalue weighted by molar-refractivity contribution is 9.10. The van der Waals surface area contributed by atoms with Crippen LogP contribution < -0.4 is 4.90 Å². The molecular formula is C24H16BrFN2O6. The first-order chi connectivity index (χ1) is 16.1. The molecule has 1 aliphatic rings. The van der Waals surface area contributed by atoms with Crippen LogP contribution in [0.4, 0.5) is 15.8 Å². The van der Waals surface area contributed by atoms with Gasteiger partial charge < -0.3 is 10.2 Å². The van der Waals surface area contributed by atoms with Crippen molar-refractivity contribution in [3.63, 3.8) is 0 Å². The molecule has 0 aromatic heterocycles. The molecule has 8 nitrogen and oxygen atoms in total.